The number of hydrogen-bond acceptors (Lipinski definition) is 12. The minimum Gasteiger partial charge on any atom is -0.351 e. The van der Waals surface area contributed by atoms with Crippen molar-refractivity contribution < 1.29 is 19.2 Å². The van der Waals surface area contributed by atoms with Crippen LogP contribution in [0.4, 0.5) is 0 Å². The summed E-state index contributed by atoms with van der Waals surface area (Å²) in [6.45, 7) is 2.60. The molecule has 32 heavy (non-hydrogen) atoms. The third-order valence-corrected chi connectivity index (χ3v) is 8.82. The van der Waals surface area contributed by atoms with Gasteiger partial charge in [0.1, 0.15) is 6.29 Å². The molecule has 1 rings (SSSR count). The molecule has 1 aromatic heterocycles. The van der Waals surface area contributed by atoms with E-state index in [1.807, 2.05) is 0 Å². The molecule has 15 heteroatoms. The molecular formula is C17H26N4O4S7. The van der Waals surface area contributed by atoms with Crippen molar-refractivity contribution in [3.05, 3.63) is 21.4 Å². The number of carbonyl (C=O) groups is 4. The van der Waals surface area contributed by atoms with Crippen molar-refractivity contribution >= 4 is 106 Å². The summed E-state index contributed by atoms with van der Waals surface area (Å²) >= 11 is 14.4. The Hall–Kier alpha value is -0.000000000000000222. The van der Waals surface area contributed by atoms with Gasteiger partial charge in [-0.3, -0.25) is 19.1 Å². The van der Waals surface area contributed by atoms with Gasteiger partial charge in [-0.15, -0.1) is 24.0 Å². The van der Waals surface area contributed by atoms with Crippen LogP contribution in [0.3, 0.4) is 0 Å². The fourth-order valence-electron chi connectivity index (χ4n) is 2.03. The van der Waals surface area contributed by atoms with Crippen LogP contribution >= 0.6 is 82.9 Å². The molecule has 4 N–H and O–H groups in total. The van der Waals surface area contributed by atoms with E-state index in [4.69, 9.17) is 0 Å². The van der Waals surface area contributed by atoms with E-state index >= 15 is 0 Å². The number of carbonyl (C=O) groups excluding carboxylic acids is 4. The summed E-state index contributed by atoms with van der Waals surface area (Å²) in [6, 6.07) is -0.752. The highest BCUT2D eigenvalue weighted by molar-refractivity contribution is 8.76. The summed E-state index contributed by atoms with van der Waals surface area (Å²) in [5.74, 6) is 1.50. The first-order valence-corrected chi connectivity index (χ1v) is 15.2. The summed E-state index contributed by atoms with van der Waals surface area (Å²) in [4.78, 5) is 47.2. The summed E-state index contributed by atoms with van der Waals surface area (Å²) in [6.07, 6.45) is 0.801. The summed E-state index contributed by atoms with van der Waals surface area (Å²) in [7, 11) is 2.82. The van der Waals surface area contributed by atoms with Gasteiger partial charge in [0.25, 0.3) is 11.8 Å². The third-order valence-electron chi connectivity index (χ3n) is 3.78. The number of rotatable bonds is 17. The van der Waals surface area contributed by atoms with Gasteiger partial charge in [-0.25, -0.2) is 4.72 Å². The van der Waals surface area contributed by atoms with Gasteiger partial charge in [0.05, 0.1) is 22.5 Å². The quantitative estimate of drug-likeness (QED) is 0.0493. The fourth-order valence-corrected chi connectivity index (χ4v) is 6.47. The van der Waals surface area contributed by atoms with Gasteiger partial charge in [0, 0.05) is 41.5 Å². The monoisotopic (exact) mass is 574 g/mol. The van der Waals surface area contributed by atoms with Crippen molar-refractivity contribution in [1.29, 1.82) is 0 Å². The van der Waals surface area contributed by atoms with Gasteiger partial charge in [-0.1, -0.05) is 22.7 Å². The van der Waals surface area contributed by atoms with Crippen molar-refractivity contribution in [1.82, 2.24) is 20.1 Å². The van der Waals surface area contributed by atoms with Crippen molar-refractivity contribution in [2.24, 2.45) is 0 Å². The second-order valence-corrected chi connectivity index (χ2v) is 11.3. The van der Waals surface area contributed by atoms with Crippen molar-refractivity contribution in [3.63, 3.8) is 0 Å². The van der Waals surface area contributed by atoms with Gasteiger partial charge < -0.3 is 15.4 Å². The molecule has 0 aliphatic rings. The van der Waals surface area contributed by atoms with Gasteiger partial charge >= 0.3 is 0 Å². The molecule has 1 heterocycles. The maximum Gasteiger partial charge on any atom is 0.261 e. The van der Waals surface area contributed by atoms with Crippen LogP contribution in [0.15, 0.2) is 5.38 Å². The SMILES string of the molecule is Cc1c(C(=O)NCCSSN[C@H](C=O)CS)csc1C(=O)NCCSN[C@@H](CS)C(=O)S. The smallest absolute Gasteiger partial charge is 0.261 e. The molecule has 0 aromatic carbocycles. The minimum atomic E-state index is -0.447. The standard InChI is InChI=1S/C17H26N4O4S7/c1-10-12(15(23)18-3-5-31-32-20-11(6-22)7-26)9-29-14(10)16(24)19-2-4-30-21-13(8-27)17(25)28/h6,9,11,13,20-21,26-27H,2-5,7-8H2,1H3,(H,18,23)(H,19,24)(H,25,28)/t11-,13+/m1/s1. The van der Waals surface area contributed by atoms with Gasteiger partial charge in [0.2, 0.25) is 5.12 Å². The van der Waals surface area contributed by atoms with E-state index in [1.165, 1.54) is 45.1 Å². The lowest BCUT2D eigenvalue weighted by Crippen LogP contribution is -2.33. The highest BCUT2D eigenvalue weighted by Gasteiger charge is 2.19. The molecule has 0 unspecified atom stereocenters. The van der Waals surface area contributed by atoms with Crippen LogP contribution in [0.1, 0.15) is 25.6 Å². The normalized spacial score (nSPS) is 12.8. The van der Waals surface area contributed by atoms with E-state index in [1.54, 1.807) is 12.3 Å². The van der Waals surface area contributed by atoms with Crippen LogP contribution in [-0.2, 0) is 9.59 Å². The van der Waals surface area contributed by atoms with E-state index in [0.29, 0.717) is 52.1 Å². The Morgan fingerprint density at radius 1 is 1.09 bits per heavy atom. The maximum absolute atomic E-state index is 12.4. The number of amides is 2. The van der Waals surface area contributed by atoms with E-state index in [-0.39, 0.29) is 23.0 Å². The number of aldehydes is 1. The van der Waals surface area contributed by atoms with Crippen LogP contribution in [0.25, 0.3) is 0 Å². The Balaban J connectivity index is 2.35. The largest absolute Gasteiger partial charge is 0.351 e. The van der Waals surface area contributed by atoms with E-state index in [0.717, 1.165) is 6.29 Å². The van der Waals surface area contributed by atoms with Crippen LogP contribution in [0.2, 0.25) is 0 Å². The lowest BCUT2D eigenvalue weighted by Gasteiger charge is -2.11. The molecular weight excluding hydrogens is 549 g/mol. The molecule has 180 valence electrons. The van der Waals surface area contributed by atoms with Crippen molar-refractivity contribution in [2.45, 2.75) is 19.0 Å². The summed E-state index contributed by atoms with van der Waals surface area (Å²) in [5.41, 5.74) is 1.12. The molecule has 0 saturated carbocycles. The Labute approximate surface area is 220 Å². The molecule has 1 aromatic rings. The van der Waals surface area contributed by atoms with E-state index in [9.17, 15) is 19.2 Å². The zero-order valence-corrected chi connectivity index (χ0v) is 23.1. The zero-order valence-electron chi connectivity index (χ0n) is 17.2. The highest BCUT2D eigenvalue weighted by atomic mass is 33.1. The number of thiol groups is 3. The number of thiophene rings is 1. The van der Waals surface area contributed by atoms with Crippen LogP contribution in [-0.4, -0.2) is 71.4 Å². The zero-order chi connectivity index (χ0) is 23.9. The minimum absolute atomic E-state index is 0.230. The van der Waals surface area contributed by atoms with Crippen LogP contribution in [0, 0.1) is 6.92 Å². The van der Waals surface area contributed by atoms with Crippen molar-refractivity contribution in [2.75, 3.05) is 36.1 Å². The van der Waals surface area contributed by atoms with E-state index in [2.05, 4.69) is 58.0 Å². The Kier molecular flexibility index (Phi) is 16.4. The Morgan fingerprint density at radius 2 is 1.78 bits per heavy atom. The first-order valence-electron chi connectivity index (χ1n) is 9.31. The molecule has 0 aliphatic carbocycles. The summed E-state index contributed by atoms with van der Waals surface area (Å²) < 4.78 is 5.90. The first kappa shape index (κ1) is 30.0. The molecule has 0 saturated heterocycles. The Morgan fingerprint density at radius 3 is 2.41 bits per heavy atom. The fraction of sp³-hybridized carbons (Fsp3) is 0.529. The van der Waals surface area contributed by atoms with Gasteiger partial charge in [-0.05, 0) is 23.5 Å². The average molecular weight is 575 g/mol. The van der Waals surface area contributed by atoms with E-state index < -0.39 is 6.04 Å². The second kappa shape index (κ2) is 17.4. The lowest BCUT2D eigenvalue weighted by atomic mass is 10.1. The topological polar surface area (TPSA) is 116 Å². The summed E-state index contributed by atoms with van der Waals surface area (Å²) in [5, 5.41) is 7.03. The number of hydrogen-bond donors (Lipinski definition) is 7. The maximum atomic E-state index is 12.4. The average Bonchev–Trinajstić information content (AvgIpc) is 3.16. The molecule has 0 spiro atoms. The van der Waals surface area contributed by atoms with Crippen LogP contribution in [0.5, 0.6) is 0 Å². The van der Waals surface area contributed by atoms with Gasteiger partial charge in [0.15, 0.2) is 0 Å². The molecule has 2 amide bonds. The van der Waals surface area contributed by atoms with Crippen LogP contribution < -0.4 is 20.1 Å². The highest BCUT2D eigenvalue weighted by Crippen LogP contribution is 2.22. The predicted molar refractivity (Wildman–Crippen MR) is 148 cm³/mol. The molecule has 2 atom stereocenters. The van der Waals surface area contributed by atoms with Gasteiger partial charge in [-0.2, -0.15) is 25.3 Å². The number of nitrogens with one attached hydrogen (secondary N) is 4. The third kappa shape index (κ3) is 11.0. The molecule has 0 bridgehead atoms. The van der Waals surface area contributed by atoms with Crippen molar-refractivity contribution in [3.8, 4) is 0 Å². The predicted octanol–water partition coefficient (Wildman–Crippen LogP) is 1.89. The second-order valence-electron chi connectivity index (χ2n) is 6.10. The molecule has 0 radical (unpaired) electrons. The lowest BCUT2D eigenvalue weighted by molar-refractivity contribution is -0.111. The molecule has 0 fully saturated rings. The first-order chi connectivity index (χ1) is 15.3. The molecule has 8 nitrogen and oxygen atoms in total. The Bertz CT molecular complexity index is 765. The molecule has 0 aliphatic heterocycles.